The lowest BCUT2D eigenvalue weighted by Gasteiger charge is -2.40. The lowest BCUT2D eigenvalue weighted by molar-refractivity contribution is 0.0668. The van der Waals surface area contributed by atoms with Gasteiger partial charge in [0, 0.05) is 5.56 Å². The van der Waals surface area contributed by atoms with E-state index >= 15 is 0 Å². The number of halogens is 1. The van der Waals surface area contributed by atoms with E-state index in [1.807, 2.05) is 19.1 Å². The Morgan fingerprint density at radius 1 is 1.23 bits per heavy atom. The van der Waals surface area contributed by atoms with Crippen molar-refractivity contribution in [2.24, 2.45) is 0 Å². The van der Waals surface area contributed by atoms with Gasteiger partial charge in [0.2, 0.25) is 0 Å². The minimum atomic E-state index is -1.90. The molecule has 2 atom stereocenters. The maximum Gasteiger partial charge on any atom is 0.192 e. The Kier molecular flexibility index (Phi) is 6.86. The van der Waals surface area contributed by atoms with Crippen LogP contribution in [-0.4, -0.2) is 20.5 Å². The van der Waals surface area contributed by atoms with E-state index in [0.717, 1.165) is 24.8 Å². The molecule has 0 amide bonds. The van der Waals surface area contributed by atoms with Crippen LogP contribution in [-0.2, 0) is 4.43 Å². The molecule has 2 rings (SSSR count). The van der Waals surface area contributed by atoms with Crippen LogP contribution in [0.2, 0.25) is 18.1 Å². The van der Waals surface area contributed by atoms with Gasteiger partial charge in [-0.25, -0.2) is 4.39 Å². The van der Waals surface area contributed by atoms with Crippen molar-refractivity contribution in [1.29, 1.82) is 0 Å². The van der Waals surface area contributed by atoms with Gasteiger partial charge in [0.1, 0.15) is 17.7 Å². The number of benzene rings is 1. The first-order valence-electron chi connectivity index (χ1n) is 9.57. The standard InChI is InChI=1S/C22H33FO2Si/c1-7-11-17-16-18(23)14-15-19(17)24-20-12-9-8-10-13-21(20)25-26(5,6)22(2,3)4/h7,9,11-12,14-16,20-21H,8,10,13H2,1-6H3/t20-,21-/m1/s1. The largest absolute Gasteiger partial charge is 0.483 e. The molecule has 0 unspecified atom stereocenters. The molecular formula is C22H33FO2Si. The Labute approximate surface area is 159 Å². The maximum atomic E-state index is 13.6. The molecule has 4 heteroatoms. The van der Waals surface area contributed by atoms with E-state index in [-0.39, 0.29) is 23.1 Å². The molecule has 2 nitrogen and oxygen atoms in total. The zero-order valence-corrected chi connectivity index (χ0v) is 18.0. The summed E-state index contributed by atoms with van der Waals surface area (Å²) in [6.07, 6.45) is 11.1. The summed E-state index contributed by atoms with van der Waals surface area (Å²) in [5.41, 5.74) is 0.760. The third-order valence-corrected chi connectivity index (χ3v) is 9.89. The van der Waals surface area contributed by atoms with Gasteiger partial charge in [0.25, 0.3) is 0 Å². The average Bonchev–Trinajstić information content (AvgIpc) is 2.74. The van der Waals surface area contributed by atoms with E-state index < -0.39 is 8.32 Å². The van der Waals surface area contributed by atoms with Crippen LogP contribution in [0.3, 0.4) is 0 Å². The summed E-state index contributed by atoms with van der Waals surface area (Å²) in [6, 6.07) is 4.68. The van der Waals surface area contributed by atoms with Gasteiger partial charge in [-0.05, 0) is 68.6 Å². The Hall–Kier alpha value is -1.39. The Balaban J connectivity index is 2.27. The second-order valence-corrected chi connectivity index (χ2v) is 13.3. The van der Waals surface area contributed by atoms with Gasteiger partial charge in [-0.15, -0.1) is 0 Å². The van der Waals surface area contributed by atoms with Gasteiger partial charge < -0.3 is 9.16 Å². The minimum absolute atomic E-state index is 0.0261. The van der Waals surface area contributed by atoms with E-state index in [0.29, 0.717) is 5.75 Å². The summed E-state index contributed by atoms with van der Waals surface area (Å²) in [7, 11) is -1.90. The van der Waals surface area contributed by atoms with Crippen molar-refractivity contribution >= 4 is 14.4 Å². The molecule has 0 fully saturated rings. The molecule has 0 aromatic heterocycles. The Morgan fingerprint density at radius 3 is 2.62 bits per heavy atom. The lowest BCUT2D eigenvalue weighted by atomic mass is 10.1. The second-order valence-electron chi connectivity index (χ2n) is 8.54. The fraction of sp³-hybridized carbons (Fsp3) is 0.545. The molecule has 0 saturated heterocycles. The summed E-state index contributed by atoms with van der Waals surface area (Å²) in [5.74, 6) is 0.445. The normalized spacial score (nSPS) is 21.8. The molecule has 144 valence electrons. The van der Waals surface area contributed by atoms with Crippen molar-refractivity contribution in [1.82, 2.24) is 0 Å². The SMILES string of the molecule is CC=Cc1cc(F)ccc1O[C@@H]1C=CCCC[C@H]1O[Si](C)(C)C(C)(C)C. The van der Waals surface area contributed by atoms with E-state index in [2.05, 4.69) is 46.0 Å². The Bertz CT molecular complexity index is 659. The number of allylic oxidation sites excluding steroid dienone is 2. The topological polar surface area (TPSA) is 18.5 Å². The molecule has 0 saturated carbocycles. The van der Waals surface area contributed by atoms with Crippen LogP contribution in [0.25, 0.3) is 6.08 Å². The first kappa shape index (κ1) is 20.9. The van der Waals surface area contributed by atoms with Crippen molar-refractivity contribution in [3.63, 3.8) is 0 Å². The van der Waals surface area contributed by atoms with Crippen LogP contribution in [0.15, 0.2) is 36.4 Å². The molecule has 1 aliphatic carbocycles. The third-order valence-electron chi connectivity index (χ3n) is 5.38. The number of ether oxygens (including phenoxy) is 1. The summed E-state index contributed by atoms with van der Waals surface area (Å²) in [4.78, 5) is 0. The predicted octanol–water partition coefficient (Wildman–Crippen LogP) is 6.74. The highest BCUT2D eigenvalue weighted by atomic mass is 28.4. The van der Waals surface area contributed by atoms with Crippen LogP contribution < -0.4 is 4.74 Å². The van der Waals surface area contributed by atoms with Crippen molar-refractivity contribution < 1.29 is 13.6 Å². The first-order chi connectivity index (χ1) is 12.1. The van der Waals surface area contributed by atoms with Gasteiger partial charge in [0.05, 0.1) is 6.10 Å². The zero-order chi connectivity index (χ0) is 19.4. The number of hydrogen-bond acceptors (Lipinski definition) is 2. The van der Waals surface area contributed by atoms with Gasteiger partial charge in [-0.3, -0.25) is 0 Å². The molecule has 1 aliphatic rings. The third kappa shape index (κ3) is 5.30. The lowest BCUT2D eigenvalue weighted by Crippen LogP contribution is -2.47. The summed E-state index contributed by atoms with van der Waals surface area (Å²) in [5, 5.41) is 0.152. The fourth-order valence-electron chi connectivity index (χ4n) is 2.83. The van der Waals surface area contributed by atoms with Crippen molar-refractivity contribution in [3.05, 3.63) is 47.8 Å². The molecule has 1 aromatic rings. The highest BCUT2D eigenvalue weighted by molar-refractivity contribution is 6.74. The van der Waals surface area contributed by atoms with E-state index in [4.69, 9.17) is 9.16 Å². The summed E-state index contributed by atoms with van der Waals surface area (Å²) in [6.45, 7) is 13.2. The van der Waals surface area contributed by atoms with Crippen LogP contribution in [0.5, 0.6) is 5.75 Å². The summed E-state index contributed by atoms with van der Waals surface area (Å²) >= 11 is 0. The van der Waals surface area contributed by atoms with Gasteiger partial charge in [0.15, 0.2) is 8.32 Å². The second kappa shape index (κ2) is 8.53. The molecule has 0 radical (unpaired) electrons. The maximum absolute atomic E-state index is 13.6. The van der Waals surface area contributed by atoms with Crippen LogP contribution in [0.1, 0.15) is 52.5 Å². The smallest absolute Gasteiger partial charge is 0.192 e. The molecule has 26 heavy (non-hydrogen) atoms. The average molecular weight is 377 g/mol. The van der Waals surface area contributed by atoms with Crippen LogP contribution in [0, 0.1) is 5.82 Å². The highest BCUT2D eigenvalue weighted by Crippen LogP contribution is 2.39. The number of rotatable bonds is 5. The molecule has 0 N–H and O–H groups in total. The minimum Gasteiger partial charge on any atom is -0.483 e. The number of hydrogen-bond donors (Lipinski definition) is 0. The molecule has 0 aliphatic heterocycles. The van der Waals surface area contributed by atoms with E-state index in [1.54, 1.807) is 6.07 Å². The first-order valence-corrected chi connectivity index (χ1v) is 12.5. The predicted molar refractivity (Wildman–Crippen MR) is 111 cm³/mol. The monoisotopic (exact) mass is 376 g/mol. The van der Waals surface area contributed by atoms with Crippen molar-refractivity contribution in [2.45, 2.75) is 77.3 Å². The van der Waals surface area contributed by atoms with Crippen molar-refractivity contribution in [2.75, 3.05) is 0 Å². The van der Waals surface area contributed by atoms with Gasteiger partial charge >= 0.3 is 0 Å². The van der Waals surface area contributed by atoms with Crippen LogP contribution in [0.4, 0.5) is 4.39 Å². The van der Waals surface area contributed by atoms with Crippen molar-refractivity contribution in [3.8, 4) is 5.75 Å². The van der Waals surface area contributed by atoms with Crippen LogP contribution >= 0.6 is 0 Å². The van der Waals surface area contributed by atoms with E-state index in [1.165, 1.54) is 12.1 Å². The Morgan fingerprint density at radius 2 is 1.96 bits per heavy atom. The molecule has 0 heterocycles. The van der Waals surface area contributed by atoms with E-state index in [9.17, 15) is 4.39 Å². The molecule has 0 bridgehead atoms. The molecule has 1 aromatic carbocycles. The summed E-state index contributed by atoms with van der Waals surface area (Å²) < 4.78 is 26.7. The zero-order valence-electron chi connectivity index (χ0n) is 17.0. The highest BCUT2D eigenvalue weighted by Gasteiger charge is 2.41. The molecule has 0 spiro atoms. The molecular weight excluding hydrogens is 343 g/mol. The fourth-order valence-corrected chi connectivity index (χ4v) is 4.20. The quantitative estimate of drug-likeness (QED) is 0.418. The van der Waals surface area contributed by atoms with Gasteiger partial charge in [-0.2, -0.15) is 0 Å². The van der Waals surface area contributed by atoms with Gasteiger partial charge in [-0.1, -0.05) is 39.0 Å².